The third-order valence-corrected chi connectivity index (χ3v) is 7.70. The molecule has 0 aliphatic carbocycles. The molecule has 3 aromatic heterocycles. The number of hydrogen-bond donors (Lipinski definition) is 0. The molecule has 0 aliphatic rings. The molecular weight excluding hydrogens is 490 g/mol. The Kier molecular flexibility index (Phi) is 4.85. The Hall–Kier alpha value is -5.66. The molecule has 8 aromatic rings. The van der Waals surface area contributed by atoms with Crippen LogP contribution in [0.5, 0.6) is 0 Å². The highest BCUT2D eigenvalue weighted by molar-refractivity contribution is 6.24. The van der Waals surface area contributed by atoms with Crippen LogP contribution in [0.3, 0.4) is 0 Å². The van der Waals surface area contributed by atoms with Crippen molar-refractivity contribution in [2.24, 2.45) is 0 Å². The molecule has 0 bridgehead atoms. The minimum atomic E-state index is 0.547. The molecule has 0 unspecified atom stereocenters. The van der Waals surface area contributed by atoms with Gasteiger partial charge < -0.3 is 8.98 Å². The van der Waals surface area contributed by atoms with E-state index < -0.39 is 0 Å². The highest BCUT2D eigenvalue weighted by Crippen LogP contribution is 2.42. The lowest BCUT2D eigenvalue weighted by molar-refractivity contribution is 0.673. The second kappa shape index (κ2) is 8.69. The Morgan fingerprint density at radius 3 is 2.35 bits per heavy atom. The minimum absolute atomic E-state index is 0.547. The van der Waals surface area contributed by atoms with Crippen LogP contribution in [-0.4, -0.2) is 9.55 Å². The molecule has 0 aliphatic heterocycles. The van der Waals surface area contributed by atoms with Crippen molar-refractivity contribution in [1.29, 1.82) is 5.26 Å². The first-order valence-corrected chi connectivity index (χ1v) is 13.2. The lowest BCUT2D eigenvalue weighted by Crippen LogP contribution is -1.97. The fraction of sp³-hybridized carbons (Fsp3) is 0. The maximum atomic E-state index is 9.36. The van der Waals surface area contributed by atoms with Gasteiger partial charge in [-0.3, -0.25) is 4.98 Å². The van der Waals surface area contributed by atoms with Crippen molar-refractivity contribution in [2.45, 2.75) is 0 Å². The summed E-state index contributed by atoms with van der Waals surface area (Å²) in [5.74, 6) is 0. The van der Waals surface area contributed by atoms with Crippen LogP contribution >= 0.6 is 0 Å². The van der Waals surface area contributed by atoms with Crippen LogP contribution in [0.2, 0.25) is 0 Å². The number of benzene rings is 5. The molecule has 0 saturated carbocycles. The lowest BCUT2D eigenvalue weighted by atomic mass is 9.98. The maximum Gasteiger partial charge on any atom is 0.145 e. The first-order chi connectivity index (χ1) is 19.8. The Morgan fingerprint density at radius 1 is 0.625 bits per heavy atom. The summed E-state index contributed by atoms with van der Waals surface area (Å²) in [7, 11) is 0. The number of nitrogens with zero attached hydrogens (tertiary/aromatic N) is 3. The van der Waals surface area contributed by atoms with Gasteiger partial charge in [0.15, 0.2) is 0 Å². The van der Waals surface area contributed by atoms with Crippen molar-refractivity contribution in [3.63, 3.8) is 0 Å². The molecule has 0 atom stereocenters. The van der Waals surface area contributed by atoms with Gasteiger partial charge in [-0.15, -0.1) is 0 Å². The van der Waals surface area contributed by atoms with E-state index in [0.29, 0.717) is 5.56 Å². The van der Waals surface area contributed by atoms with Gasteiger partial charge in [0.05, 0.1) is 27.7 Å². The zero-order chi connectivity index (χ0) is 26.6. The van der Waals surface area contributed by atoms with E-state index >= 15 is 0 Å². The summed E-state index contributed by atoms with van der Waals surface area (Å²) in [6.45, 7) is 0. The number of rotatable bonds is 3. The van der Waals surface area contributed by atoms with Crippen molar-refractivity contribution in [3.05, 3.63) is 133 Å². The monoisotopic (exact) mass is 511 g/mol. The standard InChI is InChI=1S/C36H21N3O/c37-20-23-18-26(22-38-21-23)24-8-7-9-25(19-24)27-10-1-4-13-31(27)39-32-14-5-2-12-30(32)35-33(39)17-16-29-28-11-3-6-15-34(28)40-36(29)35/h1-19,21-22H. The van der Waals surface area contributed by atoms with Gasteiger partial charge in [0.25, 0.3) is 0 Å². The van der Waals surface area contributed by atoms with E-state index in [2.05, 4.69) is 113 Å². The molecule has 0 N–H and O–H groups in total. The van der Waals surface area contributed by atoms with Gasteiger partial charge in [-0.2, -0.15) is 5.26 Å². The molecule has 5 aromatic carbocycles. The lowest BCUT2D eigenvalue weighted by Gasteiger charge is -2.15. The number of fused-ring (bicyclic) bond motifs is 7. The Bertz CT molecular complexity index is 2300. The maximum absolute atomic E-state index is 9.36. The molecule has 3 heterocycles. The molecule has 0 amide bonds. The van der Waals surface area contributed by atoms with E-state index in [9.17, 15) is 5.26 Å². The third-order valence-electron chi connectivity index (χ3n) is 7.70. The normalized spacial score (nSPS) is 11.5. The summed E-state index contributed by atoms with van der Waals surface area (Å²) in [6, 6.07) is 42.2. The van der Waals surface area contributed by atoms with E-state index in [1.807, 2.05) is 18.2 Å². The van der Waals surface area contributed by atoms with Crippen molar-refractivity contribution in [2.75, 3.05) is 0 Å². The number of pyridine rings is 1. The Labute approximate surface area is 230 Å². The van der Waals surface area contributed by atoms with E-state index in [1.54, 1.807) is 12.4 Å². The third kappa shape index (κ3) is 3.28. The molecular formula is C36H21N3O. The Morgan fingerprint density at radius 2 is 1.43 bits per heavy atom. The number of furan rings is 1. The molecule has 186 valence electrons. The first kappa shape index (κ1) is 22.3. The molecule has 8 rings (SSSR count). The van der Waals surface area contributed by atoms with Gasteiger partial charge in [0, 0.05) is 39.7 Å². The fourth-order valence-corrected chi connectivity index (χ4v) is 5.93. The van der Waals surface area contributed by atoms with Crippen molar-refractivity contribution >= 4 is 43.7 Å². The molecule has 0 radical (unpaired) electrons. The van der Waals surface area contributed by atoms with Gasteiger partial charge in [0.1, 0.15) is 17.2 Å². The summed E-state index contributed by atoms with van der Waals surface area (Å²) >= 11 is 0. The van der Waals surface area contributed by atoms with E-state index in [1.165, 1.54) is 0 Å². The second-order valence-electron chi connectivity index (χ2n) is 9.96. The van der Waals surface area contributed by atoms with E-state index in [-0.39, 0.29) is 0 Å². The van der Waals surface area contributed by atoms with E-state index in [4.69, 9.17) is 4.42 Å². The smallest absolute Gasteiger partial charge is 0.145 e. The minimum Gasteiger partial charge on any atom is -0.455 e. The van der Waals surface area contributed by atoms with Crippen LogP contribution in [0.15, 0.2) is 132 Å². The average Bonchev–Trinajstić information content (AvgIpc) is 3.57. The average molecular weight is 512 g/mol. The summed E-state index contributed by atoms with van der Waals surface area (Å²) in [5.41, 5.74) is 9.81. The van der Waals surface area contributed by atoms with Crippen LogP contribution < -0.4 is 0 Å². The van der Waals surface area contributed by atoms with Crippen molar-refractivity contribution < 1.29 is 4.42 Å². The Balaban J connectivity index is 1.40. The SMILES string of the molecule is N#Cc1cncc(-c2cccc(-c3ccccc3-n3c4ccccc4c4c5oc6ccccc6c5ccc43)c2)c1. The number of aromatic nitrogens is 2. The van der Waals surface area contributed by atoms with Gasteiger partial charge in [-0.05, 0) is 53.6 Å². The van der Waals surface area contributed by atoms with Gasteiger partial charge >= 0.3 is 0 Å². The first-order valence-electron chi connectivity index (χ1n) is 13.2. The molecule has 4 nitrogen and oxygen atoms in total. The quantitative estimate of drug-likeness (QED) is 0.237. The van der Waals surface area contributed by atoms with E-state index in [0.717, 1.165) is 71.7 Å². The van der Waals surface area contributed by atoms with Crippen molar-refractivity contribution in [1.82, 2.24) is 9.55 Å². The fourth-order valence-electron chi connectivity index (χ4n) is 5.93. The highest BCUT2D eigenvalue weighted by Gasteiger charge is 2.20. The predicted octanol–water partition coefficient (Wildman–Crippen LogP) is 9.28. The van der Waals surface area contributed by atoms with Gasteiger partial charge in [-0.1, -0.05) is 72.8 Å². The van der Waals surface area contributed by atoms with Crippen LogP contribution in [0.25, 0.3) is 71.7 Å². The summed E-state index contributed by atoms with van der Waals surface area (Å²) in [6.07, 6.45) is 3.39. The highest BCUT2D eigenvalue weighted by atomic mass is 16.3. The van der Waals surface area contributed by atoms with Gasteiger partial charge in [-0.25, -0.2) is 0 Å². The summed E-state index contributed by atoms with van der Waals surface area (Å²) in [5, 5.41) is 13.9. The zero-order valence-electron chi connectivity index (χ0n) is 21.4. The largest absolute Gasteiger partial charge is 0.455 e. The molecule has 0 saturated heterocycles. The number of hydrogen-bond acceptors (Lipinski definition) is 3. The number of nitriles is 1. The molecule has 0 spiro atoms. The molecule has 0 fully saturated rings. The second-order valence-corrected chi connectivity index (χ2v) is 9.96. The topological polar surface area (TPSA) is 54.8 Å². The summed E-state index contributed by atoms with van der Waals surface area (Å²) < 4.78 is 8.82. The zero-order valence-corrected chi connectivity index (χ0v) is 21.4. The van der Waals surface area contributed by atoms with Crippen LogP contribution in [0.1, 0.15) is 5.56 Å². The van der Waals surface area contributed by atoms with Crippen LogP contribution in [-0.2, 0) is 0 Å². The number of para-hydroxylation sites is 3. The van der Waals surface area contributed by atoms with Gasteiger partial charge in [0.2, 0.25) is 0 Å². The predicted molar refractivity (Wildman–Crippen MR) is 161 cm³/mol. The molecule has 40 heavy (non-hydrogen) atoms. The van der Waals surface area contributed by atoms with Crippen LogP contribution in [0, 0.1) is 11.3 Å². The van der Waals surface area contributed by atoms with Crippen LogP contribution in [0.4, 0.5) is 0 Å². The van der Waals surface area contributed by atoms with Crippen molar-refractivity contribution in [3.8, 4) is 34.0 Å². The summed E-state index contributed by atoms with van der Waals surface area (Å²) in [4.78, 5) is 4.27. The molecule has 4 heteroatoms.